The molecule has 2 aromatic carbocycles. The van der Waals surface area contributed by atoms with Crippen molar-refractivity contribution in [2.45, 2.75) is 74.9 Å². The number of alkyl halides is 7. The molecule has 51 heavy (non-hydrogen) atoms. The van der Waals surface area contributed by atoms with Crippen molar-refractivity contribution in [1.82, 2.24) is 20.9 Å². The lowest BCUT2D eigenvalue weighted by molar-refractivity contribution is -0.253. The summed E-state index contributed by atoms with van der Waals surface area (Å²) in [4.78, 5) is 42.3. The molecule has 1 aliphatic carbocycles. The van der Waals surface area contributed by atoms with Crippen LogP contribution in [-0.2, 0) is 21.5 Å². The van der Waals surface area contributed by atoms with Crippen molar-refractivity contribution in [2.24, 2.45) is 5.92 Å². The summed E-state index contributed by atoms with van der Waals surface area (Å²) in [5.74, 6) is -6.42. The summed E-state index contributed by atoms with van der Waals surface area (Å²) in [5.41, 5.74) is -1.85. The van der Waals surface area contributed by atoms with E-state index in [0.717, 1.165) is 12.1 Å². The van der Waals surface area contributed by atoms with E-state index in [2.05, 4.69) is 20.4 Å². The average Bonchev–Trinajstić information content (AvgIpc) is 3.04. The Labute approximate surface area is 290 Å². The summed E-state index contributed by atoms with van der Waals surface area (Å²) < 4.78 is 114. The fraction of sp³-hybridized carbons (Fsp3) is 0.394. The second-order valence-electron chi connectivity index (χ2n) is 11.9. The molecule has 276 valence electrons. The van der Waals surface area contributed by atoms with Crippen LogP contribution in [0.25, 0.3) is 0 Å². The van der Waals surface area contributed by atoms with E-state index in [1.807, 2.05) is 0 Å². The molecule has 18 heteroatoms. The first-order valence-corrected chi connectivity index (χ1v) is 15.8. The zero-order valence-electron chi connectivity index (χ0n) is 26.3. The van der Waals surface area contributed by atoms with Gasteiger partial charge in [0.1, 0.15) is 23.1 Å². The van der Waals surface area contributed by atoms with Gasteiger partial charge in [0.05, 0.1) is 23.1 Å². The quantitative estimate of drug-likeness (QED) is 0.140. The normalized spacial score (nSPS) is 18.3. The zero-order valence-corrected chi connectivity index (χ0v) is 27.1. The van der Waals surface area contributed by atoms with Crippen molar-refractivity contribution in [2.75, 3.05) is 0 Å². The summed E-state index contributed by atoms with van der Waals surface area (Å²) in [6, 6.07) is 8.09. The van der Waals surface area contributed by atoms with Crippen molar-refractivity contribution in [3.63, 3.8) is 0 Å². The first-order valence-electron chi connectivity index (χ1n) is 15.4. The molecule has 0 spiro atoms. The number of amides is 3. The van der Waals surface area contributed by atoms with Gasteiger partial charge in [-0.25, -0.2) is 9.18 Å². The fourth-order valence-corrected chi connectivity index (χ4v) is 5.95. The van der Waals surface area contributed by atoms with Crippen LogP contribution < -0.4 is 20.7 Å². The Balaban J connectivity index is 1.76. The van der Waals surface area contributed by atoms with E-state index in [1.54, 1.807) is 35.6 Å². The highest BCUT2D eigenvalue weighted by Crippen LogP contribution is 2.38. The highest BCUT2D eigenvalue weighted by Gasteiger charge is 2.46. The van der Waals surface area contributed by atoms with Gasteiger partial charge in [0, 0.05) is 24.7 Å². The number of carboxylic acids is 1. The molecule has 4 N–H and O–H groups in total. The first-order chi connectivity index (χ1) is 23.9. The van der Waals surface area contributed by atoms with E-state index < -0.39 is 78.1 Å². The number of nitrogens with zero attached hydrogens (tertiary/aromatic N) is 1. The molecule has 1 saturated carbocycles. The van der Waals surface area contributed by atoms with Crippen molar-refractivity contribution < 1.29 is 59.4 Å². The Hall–Kier alpha value is -4.67. The van der Waals surface area contributed by atoms with Crippen LogP contribution in [0, 0.1) is 11.7 Å². The summed E-state index contributed by atoms with van der Waals surface area (Å²) >= 11 is 6.06. The van der Waals surface area contributed by atoms with E-state index in [9.17, 15) is 45.1 Å². The van der Waals surface area contributed by atoms with Gasteiger partial charge in [-0.05, 0) is 48.2 Å². The van der Waals surface area contributed by atoms with Crippen LogP contribution in [0.2, 0.25) is 5.02 Å². The lowest BCUT2D eigenvalue weighted by atomic mass is 9.80. The molecular formula is C33H31ClF8N4O5. The van der Waals surface area contributed by atoms with Gasteiger partial charge in [0.2, 0.25) is 5.91 Å². The number of pyridine rings is 1. The van der Waals surface area contributed by atoms with E-state index in [4.69, 9.17) is 16.7 Å². The van der Waals surface area contributed by atoms with Crippen molar-refractivity contribution in [3.05, 3.63) is 94.5 Å². The van der Waals surface area contributed by atoms with Crippen LogP contribution in [0.1, 0.15) is 48.9 Å². The van der Waals surface area contributed by atoms with Crippen LogP contribution in [0.5, 0.6) is 5.75 Å². The van der Waals surface area contributed by atoms with Crippen LogP contribution >= 0.6 is 11.6 Å². The number of ether oxygens (including phenoxy) is 1. The van der Waals surface area contributed by atoms with Gasteiger partial charge >= 0.3 is 30.7 Å². The molecule has 4 atom stereocenters. The highest BCUT2D eigenvalue weighted by atomic mass is 35.5. The minimum Gasteiger partial charge on any atom is -0.481 e. The fourth-order valence-electron chi connectivity index (χ4n) is 5.84. The topological polar surface area (TPSA) is 130 Å². The first kappa shape index (κ1) is 39.1. The molecule has 1 fully saturated rings. The molecule has 3 amide bonds. The maximum Gasteiger partial charge on any atom is 0.461 e. The van der Waals surface area contributed by atoms with Gasteiger partial charge < -0.3 is 25.8 Å². The number of benzene rings is 2. The molecule has 4 rings (SSSR count). The Bertz CT molecular complexity index is 1680. The number of hydrogen-bond acceptors (Lipinski definition) is 5. The molecule has 0 radical (unpaired) electrons. The average molecular weight is 751 g/mol. The number of urea groups is 1. The largest absolute Gasteiger partial charge is 0.481 e. The van der Waals surface area contributed by atoms with Crippen LogP contribution in [0.4, 0.5) is 39.9 Å². The number of carbonyl (C=O) groups is 3. The van der Waals surface area contributed by atoms with E-state index >= 15 is 4.39 Å². The second kappa shape index (κ2) is 16.1. The number of rotatable bonds is 13. The Morgan fingerprint density at radius 2 is 1.67 bits per heavy atom. The predicted octanol–water partition coefficient (Wildman–Crippen LogP) is 6.98. The molecule has 1 aliphatic rings. The lowest BCUT2D eigenvalue weighted by Gasteiger charge is -2.38. The van der Waals surface area contributed by atoms with Gasteiger partial charge in [-0.1, -0.05) is 54.8 Å². The summed E-state index contributed by atoms with van der Waals surface area (Å²) in [5, 5.41) is 16.0. The third-order valence-electron chi connectivity index (χ3n) is 8.19. The van der Waals surface area contributed by atoms with Crippen LogP contribution in [0.15, 0.2) is 66.9 Å². The number of carboxylic acid groups (broad SMARTS) is 1. The molecule has 0 bridgehead atoms. The van der Waals surface area contributed by atoms with Crippen molar-refractivity contribution in [1.29, 1.82) is 0 Å². The number of halogens is 9. The van der Waals surface area contributed by atoms with Gasteiger partial charge in [-0.15, -0.1) is 0 Å². The second-order valence-corrected chi connectivity index (χ2v) is 12.3. The molecular weight excluding hydrogens is 720 g/mol. The molecule has 9 nitrogen and oxygen atoms in total. The van der Waals surface area contributed by atoms with Crippen molar-refractivity contribution in [3.8, 4) is 5.75 Å². The minimum absolute atomic E-state index is 0.0330. The van der Waals surface area contributed by atoms with Gasteiger partial charge in [-0.3, -0.25) is 14.6 Å². The molecule has 0 aliphatic heterocycles. The Morgan fingerprint density at radius 3 is 2.27 bits per heavy atom. The third kappa shape index (κ3) is 10.2. The Kier molecular flexibility index (Phi) is 12.4. The minimum atomic E-state index is -5.08. The number of hydrogen-bond donors (Lipinski definition) is 4. The zero-order chi connectivity index (χ0) is 37.6. The summed E-state index contributed by atoms with van der Waals surface area (Å²) in [6.07, 6.45) is -13.9. The van der Waals surface area contributed by atoms with E-state index in [1.165, 1.54) is 18.3 Å². The standard InChI is InChI=1S/C33H31ClF8N4O5/c34-20-10-11-25(43-17-20)31(16-18-6-2-1-3-7-18,19-12-21(35)14-22(13-19)51-33(41,42)29(36)37)46-30(50)44-24-9-5-4-8-23(24)28(49)45-26(15-27(47)48)32(38,39)40/h1-3,6-7,10-14,17,23-24,26,29H,4-5,8-9,15-16H2,(H,45,49)(H,47,48)(H2,44,46,50)/t23-,24+,26?,31-/m0/s1. The summed E-state index contributed by atoms with van der Waals surface area (Å²) in [7, 11) is 0. The maximum absolute atomic E-state index is 15.1. The van der Waals surface area contributed by atoms with E-state index in [0.29, 0.717) is 24.5 Å². The summed E-state index contributed by atoms with van der Waals surface area (Å²) in [6.45, 7) is 0. The van der Waals surface area contributed by atoms with Gasteiger partial charge in [0.25, 0.3) is 0 Å². The number of nitrogens with one attached hydrogen (secondary N) is 3. The molecule has 1 aromatic heterocycles. The predicted molar refractivity (Wildman–Crippen MR) is 166 cm³/mol. The van der Waals surface area contributed by atoms with Gasteiger partial charge in [0.15, 0.2) is 0 Å². The molecule has 1 heterocycles. The number of aliphatic carboxylic acids is 1. The van der Waals surface area contributed by atoms with Crippen molar-refractivity contribution >= 4 is 29.5 Å². The van der Waals surface area contributed by atoms with Crippen LogP contribution in [0.3, 0.4) is 0 Å². The van der Waals surface area contributed by atoms with Crippen LogP contribution in [-0.4, -0.2) is 58.8 Å². The molecule has 3 aromatic rings. The highest BCUT2D eigenvalue weighted by molar-refractivity contribution is 6.30. The Morgan fingerprint density at radius 1 is 0.980 bits per heavy atom. The third-order valence-corrected chi connectivity index (χ3v) is 8.41. The van der Waals surface area contributed by atoms with Gasteiger partial charge in [-0.2, -0.15) is 30.7 Å². The lowest BCUT2D eigenvalue weighted by Crippen LogP contribution is -2.58. The SMILES string of the molecule is O=C(O)CC(NC(=O)[C@H]1CCCC[C@H]1NC(=O)N[C@@](Cc1ccccc1)(c1cc(F)cc(OC(F)(F)C(F)F)c1)c1ccc(Cl)cn1)C(F)(F)F. The monoisotopic (exact) mass is 750 g/mol. The molecule has 0 saturated heterocycles. The smallest absolute Gasteiger partial charge is 0.461 e. The molecule has 1 unspecified atom stereocenters. The number of aromatic nitrogens is 1. The maximum atomic E-state index is 15.1. The van der Waals surface area contributed by atoms with E-state index in [-0.39, 0.29) is 35.5 Å². The number of carbonyl (C=O) groups excluding carboxylic acids is 2.